The molecule has 126 valence electrons. The van der Waals surface area contributed by atoms with Gasteiger partial charge in [0, 0.05) is 5.69 Å². The van der Waals surface area contributed by atoms with Gasteiger partial charge in [0.2, 0.25) is 0 Å². The van der Waals surface area contributed by atoms with E-state index in [0.29, 0.717) is 0 Å². The van der Waals surface area contributed by atoms with Crippen LogP contribution < -0.4 is 15.5 Å². The summed E-state index contributed by atoms with van der Waals surface area (Å²) in [6.07, 6.45) is 1.78. The standard InChI is InChI=1S/C19H23N3O2/c1-3-7-18(15-8-5-4-6-9-15)21-22-19(23)14-20-16-10-12-17(24-2)13-11-16/h4-6,8-13,20H,3,7,14H2,1-2H3,(H,22,23)/b21-18-. The molecule has 2 aromatic carbocycles. The second kappa shape index (κ2) is 9.35. The maximum Gasteiger partial charge on any atom is 0.259 e. The SMILES string of the molecule is CCC/C(=N/NC(=O)CNc1ccc(OC)cc1)c1ccccc1. The van der Waals surface area contributed by atoms with Crippen molar-refractivity contribution in [1.29, 1.82) is 0 Å². The van der Waals surface area contributed by atoms with E-state index in [2.05, 4.69) is 22.8 Å². The Balaban J connectivity index is 1.89. The zero-order valence-corrected chi connectivity index (χ0v) is 14.1. The molecule has 0 aliphatic carbocycles. The first kappa shape index (κ1) is 17.5. The molecular weight excluding hydrogens is 302 g/mol. The van der Waals surface area contributed by atoms with E-state index >= 15 is 0 Å². The van der Waals surface area contributed by atoms with Crippen LogP contribution in [0.25, 0.3) is 0 Å². The third kappa shape index (κ3) is 5.43. The minimum absolute atomic E-state index is 0.157. The summed E-state index contributed by atoms with van der Waals surface area (Å²) in [4.78, 5) is 12.0. The highest BCUT2D eigenvalue weighted by Gasteiger charge is 2.04. The lowest BCUT2D eigenvalue weighted by molar-refractivity contribution is -0.119. The van der Waals surface area contributed by atoms with E-state index in [1.807, 2.05) is 54.6 Å². The van der Waals surface area contributed by atoms with Crippen LogP contribution in [0.1, 0.15) is 25.3 Å². The second-order valence-electron chi connectivity index (χ2n) is 5.29. The highest BCUT2D eigenvalue weighted by Crippen LogP contribution is 2.14. The summed E-state index contributed by atoms with van der Waals surface area (Å²) in [5, 5.41) is 7.33. The maximum atomic E-state index is 12.0. The van der Waals surface area contributed by atoms with Crippen molar-refractivity contribution in [2.24, 2.45) is 5.10 Å². The molecule has 0 fully saturated rings. The van der Waals surface area contributed by atoms with Crippen molar-refractivity contribution in [2.45, 2.75) is 19.8 Å². The van der Waals surface area contributed by atoms with Crippen molar-refractivity contribution < 1.29 is 9.53 Å². The third-order valence-corrected chi connectivity index (χ3v) is 3.45. The van der Waals surface area contributed by atoms with Crippen LogP contribution in [0.5, 0.6) is 5.75 Å². The number of hydrazone groups is 1. The molecule has 0 spiro atoms. The van der Waals surface area contributed by atoms with Gasteiger partial charge < -0.3 is 10.1 Å². The van der Waals surface area contributed by atoms with E-state index < -0.39 is 0 Å². The van der Waals surface area contributed by atoms with Gasteiger partial charge in [-0.1, -0.05) is 43.7 Å². The van der Waals surface area contributed by atoms with Crippen LogP contribution in [0.2, 0.25) is 0 Å². The van der Waals surface area contributed by atoms with Gasteiger partial charge in [0.25, 0.3) is 5.91 Å². The van der Waals surface area contributed by atoms with Crippen LogP contribution in [0.3, 0.4) is 0 Å². The lowest BCUT2D eigenvalue weighted by Gasteiger charge is -2.08. The molecule has 2 N–H and O–H groups in total. The van der Waals surface area contributed by atoms with Crippen LogP contribution in [-0.2, 0) is 4.79 Å². The minimum atomic E-state index is -0.185. The zero-order valence-electron chi connectivity index (χ0n) is 14.1. The Labute approximate surface area is 142 Å². The van der Waals surface area contributed by atoms with E-state index in [4.69, 9.17) is 4.74 Å². The fourth-order valence-corrected chi connectivity index (χ4v) is 2.19. The van der Waals surface area contributed by atoms with Crippen LogP contribution in [0.4, 0.5) is 5.69 Å². The molecule has 0 radical (unpaired) electrons. The summed E-state index contributed by atoms with van der Waals surface area (Å²) in [5.74, 6) is 0.594. The molecule has 5 nitrogen and oxygen atoms in total. The Morgan fingerprint density at radius 3 is 2.42 bits per heavy atom. The number of rotatable bonds is 8. The number of ether oxygens (including phenoxy) is 1. The van der Waals surface area contributed by atoms with Crippen molar-refractivity contribution in [3.05, 3.63) is 60.2 Å². The monoisotopic (exact) mass is 325 g/mol. The van der Waals surface area contributed by atoms with Gasteiger partial charge in [0.1, 0.15) is 5.75 Å². The molecule has 0 saturated carbocycles. The minimum Gasteiger partial charge on any atom is -0.497 e. The topological polar surface area (TPSA) is 62.7 Å². The van der Waals surface area contributed by atoms with E-state index in [9.17, 15) is 4.79 Å². The molecule has 2 aromatic rings. The van der Waals surface area contributed by atoms with Crippen LogP contribution >= 0.6 is 0 Å². The van der Waals surface area contributed by atoms with Crippen LogP contribution in [0.15, 0.2) is 59.7 Å². The maximum absolute atomic E-state index is 12.0. The number of benzene rings is 2. The average molecular weight is 325 g/mol. The predicted molar refractivity (Wildman–Crippen MR) is 97.5 cm³/mol. The summed E-state index contributed by atoms with van der Waals surface area (Å²) >= 11 is 0. The highest BCUT2D eigenvalue weighted by molar-refractivity contribution is 6.01. The van der Waals surface area contributed by atoms with Crippen molar-refractivity contribution in [3.8, 4) is 5.75 Å². The zero-order chi connectivity index (χ0) is 17.2. The first-order valence-electron chi connectivity index (χ1n) is 8.01. The Morgan fingerprint density at radius 1 is 1.08 bits per heavy atom. The lowest BCUT2D eigenvalue weighted by atomic mass is 10.1. The first-order chi connectivity index (χ1) is 11.7. The first-order valence-corrected chi connectivity index (χ1v) is 8.01. The Bertz CT molecular complexity index is 667. The number of nitrogens with zero attached hydrogens (tertiary/aromatic N) is 1. The Morgan fingerprint density at radius 2 is 1.79 bits per heavy atom. The molecule has 0 atom stereocenters. The highest BCUT2D eigenvalue weighted by atomic mass is 16.5. The summed E-state index contributed by atoms with van der Waals surface area (Å²) in [6.45, 7) is 2.25. The molecule has 24 heavy (non-hydrogen) atoms. The number of carbonyl (C=O) groups is 1. The third-order valence-electron chi connectivity index (χ3n) is 3.45. The summed E-state index contributed by atoms with van der Waals surface area (Å²) in [5.41, 5.74) is 5.39. The van der Waals surface area contributed by atoms with Crippen molar-refractivity contribution in [3.63, 3.8) is 0 Å². The fourth-order valence-electron chi connectivity index (χ4n) is 2.19. The normalized spacial score (nSPS) is 11.0. The largest absolute Gasteiger partial charge is 0.497 e. The number of amides is 1. The number of hydrogen-bond acceptors (Lipinski definition) is 4. The van der Waals surface area contributed by atoms with Crippen molar-refractivity contribution in [1.82, 2.24) is 5.43 Å². The molecule has 5 heteroatoms. The lowest BCUT2D eigenvalue weighted by Crippen LogP contribution is -2.27. The fraction of sp³-hybridized carbons (Fsp3) is 0.263. The molecule has 0 unspecified atom stereocenters. The van der Waals surface area contributed by atoms with Crippen LogP contribution in [0, 0.1) is 0 Å². The van der Waals surface area contributed by atoms with E-state index in [1.54, 1.807) is 7.11 Å². The van der Waals surface area contributed by atoms with Crippen molar-refractivity contribution in [2.75, 3.05) is 19.0 Å². The van der Waals surface area contributed by atoms with E-state index in [1.165, 1.54) is 0 Å². The Kier molecular flexibility index (Phi) is 6.83. The molecule has 0 aliphatic rings. The number of carbonyl (C=O) groups excluding carboxylic acids is 1. The second-order valence-corrected chi connectivity index (χ2v) is 5.29. The van der Waals surface area contributed by atoms with Gasteiger partial charge in [-0.25, -0.2) is 5.43 Å². The smallest absolute Gasteiger partial charge is 0.259 e. The van der Waals surface area contributed by atoms with E-state index in [0.717, 1.165) is 35.6 Å². The van der Waals surface area contributed by atoms with Gasteiger partial charge in [-0.15, -0.1) is 0 Å². The van der Waals surface area contributed by atoms with Gasteiger partial charge >= 0.3 is 0 Å². The number of nitrogens with one attached hydrogen (secondary N) is 2. The van der Waals surface area contributed by atoms with Gasteiger partial charge in [-0.05, 0) is 36.2 Å². The number of anilines is 1. The molecule has 0 aliphatic heterocycles. The molecule has 1 amide bonds. The summed E-state index contributed by atoms with van der Waals surface area (Å²) < 4.78 is 5.10. The van der Waals surface area contributed by atoms with Crippen molar-refractivity contribution >= 4 is 17.3 Å². The molecule has 0 heterocycles. The van der Waals surface area contributed by atoms with Gasteiger partial charge in [-0.2, -0.15) is 5.10 Å². The van der Waals surface area contributed by atoms with Gasteiger partial charge in [0.05, 0.1) is 19.4 Å². The predicted octanol–water partition coefficient (Wildman–Crippen LogP) is 3.43. The van der Waals surface area contributed by atoms with Crippen LogP contribution in [-0.4, -0.2) is 25.3 Å². The van der Waals surface area contributed by atoms with E-state index in [-0.39, 0.29) is 12.5 Å². The quantitative estimate of drug-likeness (QED) is 0.577. The molecule has 0 bridgehead atoms. The number of methoxy groups -OCH3 is 1. The average Bonchev–Trinajstić information content (AvgIpc) is 2.64. The number of hydrogen-bond donors (Lipinski definition) is 2. The molecule has 0 aromatic heterocycles. The van der Waals surface area contributed by atoms with Gasteiger partial charge in [-0.3, -0.25) is 4.79 Å². The summed E-state index contributed by atoms with van der Waals surface area (Å²) in [7, 11) is 1.62. The Hall–Kier alpha value is -2.82. The molecule has 2 rings (SSSR count). The molecular formula is C19H23N3O2. The van der Waals surface area contributed by atoms with Gasteiger partial charge in [0.15, 0.2) is 0 Å². The summed E-state index contributed by atoms with van der Waals surface area (Å²) in [6, 6.07) is 17.3. The molecule has 0 saturated heterocycles.